The number of carboxylic acids is 1. The fraction of sp³-hybridized carbons (Fsp3) is 0.273. The first kappa shape index (κ1) is 28.6. The van der Waals surface area contributed by atoms with Crippen LogP contribution < -0.4 is 10.7 Å². The zero-order valence-electron chi connectivity index (χ0n) is 24.1. The van der Waals surface area contributed by atoms with Crippen molar-refractivity contribution in [3.05, 3.63) is 98.7 Å². The van der Waals surface area contributed by atoms with Gasteiger partial charge in [0.05, 0.1) is 17.0 Å². The Labute approximate surface area is 243 Å². The van der Waals surface area contributed by atoms with Gasteiger partial charge in [0.1, 0.15) is 11.3 Å². The van der Waals surface area contributed by atoms with Crippen LogP contribution in [0.3, 0.4) is 0 Å². The standard InChI is InChI=1S/C33H33N3O6/c1-19-17-26(21(3)34-28-8-6-5-7-25(28)33(40)41)31-27(18-19)29(38)20(2)30(42-31)23-9-11-24(12-10-23)32(39)36-15-13-35(14-16-36)22(4)37/h5-12,17-18,21,34H,13-16H2,1-4H3,(H,40,41). The molecule has 42 heavy (non-hydrogen) atoms. The molecule has 0 saturated carbocycles. The maximum atomic E-state index is 13.6. The zero-order valence-corrected chi connectivity index (χ0v) is 24.1. The number of para-hydroxylation sites is 1. The average molecular weight is 568 g/mol. The van der Waals surface area contributed by atoms with Crippen LogP contribution in [0.5, 0.6) is 0 Å². The lowest BCUT2D eigenvalue weighted by Crippen LogP contribution is -2.50. The molecule has 1 aliphatic heterocycles. The SMILES string of the molecule is CC(=O)N1CCN(C(=O)c2ccc(-c3oc4c(C(C)Nc5ccccc5C(=O)O)cc(C)cc4c(=O)c3C)cc2)CC1. The van der Waals surface area contributed by atoms with Crippen LogP contribution in [0.15, 0.2) is 69.9 Å². The predicted octanol–water partition coefficient (Wildman–Crippen LogP) is 5.25. The molecule has 3 aromatic carbocycles. The second-order valence-electron chi connectivity index (χ2n) is 10.7. The molecule has 1 aromatic heterocycles. The highest BCUT2D eigenvalue weighted by atomic mass is 16.4. The van der Waals surface area contributed by atoms with Crippen molar-refractivity contribution in [3.8, 4) is 11.3 Å². The normalized spacial score (nSPS) is 14.1. The lowest BCUT2D eigenvalue weighted by atomic mass is 9.98. The molecule has 0 spiro atoms. The Balaban J connectivity index is 1.48. The first-order valence-electron chi connectivity index (χ1n) is 13.9. The number of rotatable bonds is 6. The highest BCUT2D eigenvalue weighted by molar-refractivity contribution is 5.95. The number of benzene rings is 3. The minimum atomic E-state index is -1.04. The van der Waals surface area contributed by atoms with Crippen molar-refractivity contribution in [2.24, 2.45) is 0 Å². The number of amides is 2. The van der Waals surface area contributed by atoms with E-state index in [-0.39, 0.29) is 28.8 Å². The van der Waals surface area contributed by atoms with E-state index in [0.717, 1.165) is 11.1 Å². The van der Waals surface area contributed by atoms with Crippen LogP contribution in [0.1, 0.15) is 57.3 Å². The van der Waals surface area contributed by atoms with Crippen molar-refractivity contribution in [2.75, 3.05) is 31.5 Å². The van der Waals surface area contributed by atoms with Gasteiger partial charge in [-0.2, -0.15) is 0 Å². The van der Waals surface area contributed by atoms with E-state index in [1.165, 1.54) is 13.0 Å². The van der Waals surface area contributed by atoms with Crippen LogP contribution in [0, 0.1) is 13.8 Å². The molecule has 4 aromatic rings. The molecular formula is C33H33N3O6. The Morgan fingerprint density at radius 2 is 1.57 bits per heavy atom. The van der Waals surface area contributed by atoms with E-state index in [1.54, 1.807) is 65.3 Å². The molecule has 216 valence electrons. The van der Waals surface area contributed by atoms with Gasteiger partial charge in [-0.05, 0) is 56.7 Å². The Morgan fingerprint density at radius 3 is 2.21 bits per heavy atom. The molecular weight excluding hydrogens is 534 g/mol. The maximum Gasteiger partial charge on any atom is 0.337 e. The van der Waals surface area contributed by atoms with Gasteiger partial charge in [0, 0.05) is 61.0 Å². The first-order valence-corrected chi connectivity index (χ1v) is 13.9. The Morgan fingerprint density at radius 1 is 0.929 bits per heavy atom. The maximum absolute atomic E-state index is 13.6. The van der Waals surface area contributed by atoms with Crippen molar-refractivity contribution >= 4 is 34.4 Å². The fourth-order valence-corrected chi connectivity index (χ4v) is 5.44. The number of aryl methyl sites for hydroxylation is 1. The second kappa shape index (κ2) is 11.5. The number of aromatic carboxylic acids is 1. The predicted molar refractivity (Wildman–Crippen MR) is 161 cm³/mol. The number of nitrogens with zero attached hydrogens (tertiary/aromatic N) is 2. The number of piperazine rings is 1. The largest absolute Gasteiger partial charge is 0.478 e. The summed E-state index contributed by atoms with van der Waals surface area (Å²) in [6, 6.07) is 17.0. The monoisotopic (exact) mass is 567 g/mol. The summed E-state index contributed by atoms with van der Waals surface area (Å²) in [5.74, 6) is -0.734. The van der Waals surface area contributed by atoms with Gasteiger partial charge in [0.2, 0.25) is 5.91 Å². The lowest BCUT2D eigenvalue weighted by Gasteiger charge is -2.34. The van der Waals surface area contributed by atoms with Crippen molar-refractivity contribution in [1.29, 1.82) is 0 Å². The minimum Gasteiger partial charge on any atom is -0.478 e. The first-order chi connectivity index (χ1) is 20.0. The van der Waals surface area contributed by atoms with Gasteiger partial charge in [-0.25, -0.2) is 4.79 Å². The third kappa shape index (κ3) is 5.50. The van der Waals surface area contributed by atoms with Crippen molar-refractivity contribution in [1.82, 2.24) is 9.80 Å². The minimum absolute atomic E-state index is 0.00673. The molecule has 1 fully saturated rings. The highest BCUT2D eigenvalue weighted by Crippen LogP contribution is 2.33. The third-order valence-corrected chi connectivity index (χ3v) is 7.79. The van der Waals surface area contributed by atoms with Gasteiger partial charge in [-0.1, -0.05) is 30.3 Å². The molecule has 9 nitrogen and oxygen atoms in total. The summed E-state index contributed by atoms with van der Waals surface area (Å²) >= 11 is 0. The van der Waals surface area contributed by atoms with Crippen LogP contribution in [-0.2, 0) is 4.79 Å². The molecule has 9 heteroatoms. The van der Waals surface area contributed by atoms with E-state index in [1.807, 2.05) is 19.9 Å². The number of carboxylic acid groups (broad SMARTS) is 1. The number of carbonyl (C=O) groups is 3. The van der Waals surface area contributed by atoms with Gasteiger partial charge in [0.15, 0.2) is 5.43 Å². The summed E-state index contributed by atoms with van der Waals surface area (Å²) < 4.78 is 6.44. The van der Waals surface area contributed by atoms with E-state index in [4.69, 9.17) is 4.42 Å². The molecule has 0 bridgehead atoms. The van der Waals surface area contributed by atoms with E-state index < -0.39 is 5.97 Å². The van der Waals surface area contributed by atoms with E-state index in [0.29, 0.717) is 65.3 Å². The lowest BCUT2D eigenvalue weighted by molar-refractivity contribution is -0.130. The highest BCUT2D eigenvalue weighted by Gasteiger charge is 2.24. The quantitative estimate of drug-likeness (QED) is 0.326. The number of hydrogen-bond donors (Lipinski definition) is 2. The number of hydrogen-bond acceptors (Lipinski definition) is 6. The molecule has 1 atom stereocenters. The third-order valence-electron chi connectivity index (χ3n) is 7.79. The number of carbonyl (C=O) groups excluding carboxylic acids is 2. The molecule has 0 aliphatic carbocycles. The molecule has 5 rings (SSSR count). The van der Waals surface area contributed by atoms with Gasteiger partial charge in [0.25, 0.3) is 5.91 Å². The summed E-state index contributed by atoms with van der Waals surface area (Å²) in [6.07, 6.45) is 0. The van der Waals surface area contributed by atoms with Gasteiger partial charge >= 0.3 is 5.97 Å². The summed E-state index contributed by atoms with van der Waals surface area (Å²) in [4.78, 5) is 53.5. The van der Waals surface area contributed by atoms with E-state index in [9.17, 15) is 24.3 Å². The van der Waals surface area contributed by atoms with Gasteiger partial charge in [-0.15, -0.1) is 0 Å². The number of fused-ring (bicyclic) bond motifs is 1. The van der Waals surface area contributed by atoms with Crippen LogP contribution in [0.2, 0.25) is 0 Å². The zero-order chi connectivity index (χ0) is 30.1. The van der Waals surface area contributed by atoms with Crippen molar-refractivity contribution in [2.45, 2.75) is 33.7 Å². The van der Waals surface area contributed by atoms with Crippen molar-refractivity contribution < 1.29 is 23.9 Å². The Bertz CT molecular complexity index is 1750. The topological polar surface area (TPSA) is 120 Å². The summed E-state index contributed by atoms with van der Waals surface area (Å²) in [5.41, 5.74) is 4.11. The molecule has 2 heterocycles. The number of anilines is 1. The van der Waals surface area contributed by atoms with E-state index >= 15 is 0 Å². The molecule has 0 radical (unpaired) electrons. The molecule has 2 N–H and O–H groups in total. The van der Waals surface area contributed by atoms with Gasteiger partial charge in [-0.3, -0.25) is 14.4 Å². The van der Waals surface area contributed by atoms with E-state index in [2.05, 4.69) is 5.32 Å². The number of nitrogens with one attached hydrogen (secondary N) is 1. The average Bonchev–Trinajstić information content (AvgIpc) is 2.98. The summed E-state index contributed by atoms with van der Waals surface area (Å²) in [6.45, 7) is 9.02. The van der Waals surface area contributed by atoms with Crippen LogP contribution in [-0.4, -0.2) is 58.9 Å². The molecule has 2 amide bonds. The van der Waals surface area contributed by atoms with Crippen LogP contribution in [0.25, 0.3) is 22.3 Å². The Hall–Kier alpha value is -4.92. The second-order valence-corrected chi connectivity index (χ2v) is 10.7. The fourth-order valence-electron chi connectivity index (χ4n) is 5.44. The van der Waals surface area contributed by atoms with Crippen molar-refractivity contribution in [3.63, 3.8) is 0 Å². The van der Waals surface area contributed by atoms with Crippen LogP contribution in [0.4, 0.5) is 5.69 Å². The summed E-state index contributed by atoms with van der Waals surface area (Å²) in [7, 11) is 0. The summed E-state index contributed by atoms with van der Waals surface area (Å²) in [5, 5.41) is 13.3. The molecule has 1 aliphatic rings. The molecule has 1 unspecified atom stereocenters. The Kier molecular flexibility index (Phi) is 7.85. The smallest absolute Gasteiger partial charge is 0.337 e. The molecule has 1 saturated heterocycles. The van der Waals surface area contributed by atoms with Crippen LogP contribution >= 0.6 is 0 Å². The van der Waals surface area contributed by atoms with Gasteiger partial charge < -0.3 is 24.6 Å².